The quantitative estimate of drug-likeness (QED) is 0.679. The molecule has 1 aliphatic rings. The molecule has 5 nitrogen and oxygen atoms in total. The molecule has 1 atom stereocenters. The van der Waals surface area contributed by atoms with Crippen LogP contribution in [0, 0.1) is 5.92 Å². The van der Waals surface area contributed by atoms with Gasteiger partial charge >= 0.3 is 0 Å². The molecule has 1 heterocycles. The normalized spacial score (nSPS) is 16.9. The summed E-state index contributed by atoms with van der Waals surface area (Å²) in [6.45, 7) is 2.53. The van der Waals surface area contributed by atoms with Gasteiger partial charge in [0.2, 0.25) is 5.91 Å². The number of carbonyl (C=O) groups is 2. The first kappa shape index (κ1) is 17.9. The van der Waals surface area contributed by atoms with Crippen molar-refractivity contribution in [1.82, 2.24) is 16.0 Å². The summed E-state index contributed by atoms with van der Waals surface area (Å²) in [4.78, 5) is 23.6. The van der Waals surface area contributed by atoms with Gasteiger partial charge in [0.25, 0.3) is 5.91 Å². The minimum absolute atomic E-state index is 0. The molecule has 1 fully saturated rings. The van der Waals surface area contributed by atoms with Crippen LogP contribution in [0.3, 0.4) is 0 Å². The highest BCUT2D eigenvalue weighted by molar-refractivity contribution is 9.10. The first-order valence-electron chi connectivity index (χ1n) is 6.69. The van der Waals surface area contributed by atoms with E-state index in [9.17, 15) is 9.59 Å². The van der Waals surface area contributed by atoms with Crippen molar-refractivity contribution in [3.63, 3.8) is 0 Å². The second-order valence-electron chi connectivity index (χ2n) is 4.75. The second kappa shape index (κ2) is 9.02. The minimum atomic E-state index is -0.136. The summed E-state index contributed by atoms with van der Waals surface area (Å²) in [5, 5.41) is 8.78. The lowest BCUT2D eigenvalue weighted by Crippen LogP contribution is -2.38. The number of halogens is 2. The summed E-state index contributed by atoms with van der Waals surface area (Å²) in [6, 6.07) is 7.20. The second-order valence-corrected chi connectivity index (χ2v) is 5.66. The maximum absolute atomic E-state index is 11.8. The van der Waals surface area contributed by atoms with Crippen molar-refractivity contribution in [3.8, 4) is 0 Å². The largest absolute Gasteiger partial charge is 0.354 e. The van der Waals surface area contributed by atoms with Crippen LogP contribution < -0.4 is 16.0 Å². The van der Waals surface area contributed by atoms with Gasteiger partial charge in [0, 0.05) is 29.7 Å². The minimum Gasteiger partial charge on any atom is -0.354 e. The number of carbonyl (C=O) groups excluding carboxylic acids is 2. The molecule has 21 heavy (non-hydrogen) atoms. The average Bonchev–Trinajstić information content (AvgIpc) is 2.97. The molecule has 3 N–H and O–H groups in total. The number of benzene rings is 1. The van der Waals surface area contributed by atoms with Gasteiger partial charge in [-0.2, -0.15) is 0 Å². The molecule has 0 aromatic heterocycles. The molecule has 1 saturated heterocycles. The van der Waals surface area contributed by atoms with Crippen LogP contribution in [0.15, 0.2) is 28.7 Å². The lowest BCUT2D eigenvalue weighted by atomic mass is 10.1. The van der Waals surface area contributed by atoms with Crippen LogP contribution in [0.25, 0.3) is 0 Å². The third kappa shape index (κ3) is 5.65. The van der Waals surface area contributed by atoms with Gasteiger partial charge in [-0.3, -0.25) is 9.59 Å². The summed E-state index contributed by atoms with van der Waals surface area (Å²) in [5.74, 6) is -0.00873. The lowest BCUT2D eigenvalue weighted by molar-refractivity contribution is -0.124. The maximum atomic E-state index is 11.8. The van der Waals surface area contributed by atoms with E-state index in [1.807, 2.05) is 12.1 Å². The zero-order valence-corrected chi connectivity index (χ0v) is 13.9. The Morgan fingerprint density at radius 3 is 2.71 bits per heavy atom. The maximum Gasteiger partial charge on any atom is 0.251 e. The van der Waals surface area contributed by atoms with E-state index in [-0.39, 0.29) is 30.1 Å². The molecule has 1 aromatic carbocycles. The Labute approximate surface area is 138 Å². The van der Waals surface area contributed by atoms with Gasteiger partial charge < -0.3 is 16.0 Å². The van der Waals surface area contributed by atoms with Gasteiger partial charge in [-0.25, -0.2) is 0 Å². The van der Waals surface area contributed by atoms with Crippen molar-refractivity contribution < 1.29 is 9.59 Å². The molecule has 1 aromatic rings. The number of hydrogen-bond donors (Lipinski definition) is 3. The van der Waals surface area contributed by atoms with Crippen molar-refractivity contribution >= 4 is 40.2 Å². The zero-order valence-electron chi connectivity index (χ0n) is 11.5. The van der Waals surface area contributed by atoms with E-state index in [2.05, 4.69) is 31.9 Å². The van der Waals surface area contributed by atoms with Gasteiger partial charge in [0.05, 0.1) is 5.92 Å². The molecule has 2 rings (SSSR count). The highest BCUT2D eigenvalue weighted by Crippen LogP contribution is 2.11. The predicted molar refractivity (Wildman–Crippen MR) is 87.7 cm³/mol. The summed E-state index contributed by atoms with van der Waals surface area (Å²) >= 11 is 3.33. The fourth-order valence-corrected chi connectivity index (χ4v) is 2.52. The smallest absolute Gasteiger partial charge is 0.251 e. The molecule has 1 unspecified atom stereocenters. The van der Waals surface area contributed by atoms with Crippen LogP contribution in [0.1, 0.15) is 16.8 Å². The summed E-state index contributed by atoms with van der Waals surface area (Å²) < 4.78 is 0.868. The Morgan fingerprint density at radius 1 is 1.29 bits per heavy atom. The van der Waals surface area contributed by atoms with Crippen LogP contribution in [0.2, 0.25) is 0 Å². The molecule has 0 saturated carbocycles. The fraction of sp³-hybridized carbons (Fsp3) is 0.429. The third-order valence-corrected chi connectivity index (χ3v) is 3.72. The van der Waals surface area contributed by atoms with E-state index >= 15 is 0 Å². The predicted octanol–water partition coefficient (Wildman–Crippen LogP) is 1.33. The molecular formula is C14H19BrClN3O2. The van der Waals surface area contributed by atoms with Gasteiger partial charge in [-0.1, -0.05) is 22.0 Å². The van der Waals surface area contributed by atoms with Crippen molar-refractivity contribution in [3.05, 3.63) is 34.3 Å². The molecule has 116 valence electrons. The number of amides is 2. The highest BCUT2D eigenvalue weighted by Gasteiger charge is 2.21. The lowest BCUT2D eigenvalue weighted by Gasteiger charge is -2.10. The highest BCUT2D eigenvalue weighted by atomic mass is 79.9. The van der Waals surface area contributed by atoms with Gasteiger partial charge in [0.15, 0.2) is 0 Å². The van der Waals surface area contributed by atoms with E-state index < -0.39 is 0 Å². The third-order valence-electron chi connectivity index (χ3n) is 3.23. The van der Waals surface area contributed by atoms with Crippen molar-refractivity contribution in [2.45, 2.75) is 6.42 Å². The Morgan fingerprint density at radius 2 is 2.05 bits per heavy atom. The molecule has 0 radical (unpaired) electrons. The van der Waals surface area contributed by atoms with Gasteiger partial charge in [-0.15, -0.1) is 12.4 Å². The molecule has 1 aliphatic heterocycles. The van der Waals surface area contributed by atoms with E-state index in [1.165, 1.54) is 0 Å². The molecule has 0 spiro atoms. The van der Waals surface area contributed by atoms with E-state index in [0.717, 1.165) is 24.0 Å². The monoisotopic (exact) mass is 375 g/mol. The summed E-state index contributed by atoms with van der Waals surface area (Å²) in [7, 11) is 0. The Balaban J connectivity index is 0.00000220. The first-order valence-corrected chi connectivity index (χ1v) is 7.48. The SMILES string of the molecule is Cl.O=C(NCCNC(=O)C1CCNC1)c1cccc(Br)c1. The van der Waals surface area contributed by atoms with E-state index in [0.29, 0.717) is 18.7 Å². The van der Waals surface area contributed by atoms with E-state index in [1.54, 1.807) is 12.1 Å². The topological polar surface area (TPSA) is 70.2 Å². The molecule has 0 bridgehead atoms. The number of nitrogens with one attached hydrogen (secondary N) is 3. The summed E-state index contributed by atoms with van der Waals surface area (Å²) in [5.41, 5.74) is 0.602. The van der Waals surface area contributed by atoms with Crippen molar-refractivity contribution in [2.24, 2.45) is 5.92 Å². The van der Waals surface area contributed by atoms with Crippen molar-refractivity contribution in [2.75, 3.05) is 26.2 Å². The molecule has 2 amide bonds. The Hall–Kier alpha value is -1.11. The van der Waals surface area contributed by atoms with Gasteiger partial charge in [0.1, 0.15) is 0 Å². The fourth-order valence-electron chi connectivity index (χ4n) is 2.12. The number of rotatable bonds is 5. The van der Waals surface area contributed by atoms with Crippen LogP contribution in [0.5, 0.6) is 0 Å². The standard InChI is InChI=1S/C14H18BrN3O2.ClH/c15-12-3-1-2-10(8-12)13(19)17-6-7-18-14(20)11-4-5-16-9-11;/h1-3,8,11,16H,4-7,9H2,(H,17,19)(H,18,20);1H. The zero-order chi connectivity index (χ0) is 14.4. The van der Waals surface area contributed by atoms with Crippen LogP contribution in [-0.2, 0) is 4.79 Å². The summed E-state index contributed by atoms with van der Waals surface area (Å²) in [6.07, 6.45) is 0.885. The molecule has 7 heteroatoms. The van der Waals surface area contributed by atoms with Gasteiger partial charge in [-0.05, 0) is 31.2 Å². The van der Waals surface area contributed by atoms with Crippen molar-refractivity contribution in [1.29, 1.82) is 0 Å². The Bertz CT molecular complexity index is 493. The van der Waals surface area contributed by atoms with Crippen LogP contribution >= 0.6 is 28.3 Å². The molecular weight excluding hydrogens is 358 g/mol. The Kier molecular flexibility index (Phi) is 7.71. The van der Waals surface area contributed by atoms with E-state index in [4.69, 9.17) is 0 Å². The van der Waals surface area contributed by atoms with Crippen LogP contribution in [-0.4, -0.2) is 38.0 Å². The number of hydrogen-bond acceptors (Lipinski definition) is 3. The first-order chi connectivity index (χ1) is 9.66. The molecule has 0 aliphatic carbocycles. The van der Waals surface area contributed by atoms with Crippen LogP contribution in [0.4, 0.5) is 0 Å². The average molecular weight is 377 g/mol.